The van der Waals surface area contributed by atoms with E-state index in [2.05, 4.69) is 5.32 Å². The largest absolute Gasteiger partial charge is 0.357 e. The summed E-state index contributed by atoms with van der Waals surface area (Å²) in [6.07, 6.45) is 1.25. The number of nitrogens with zero attached hydrogens (tertiary/aromatic N) is 2. The molecule has 37 heavy (non-hydrogen) atoms. The van der Waals surface area contributed by atoms with Gasteiger partial charge in [-0.05, 0) is 41.8 Å². The highest BCUT2D eigenvalue weighted by molar-refractivity contribution is 7.92. The van der Waals surface area contributed by atoms with Crippen LogP contribution in [-0.4, -0.2) is 51.0 Å². The molecule has 3 aromatic carbocycles. The Morgan fingerprint density at radius 1 is 0.973 bits per heavy atom. The number of nitrogens with one attached hydrogen (secondary N) is 1. The highest BCUT2D eigenvalue weighted by atomic mass is 35.5. The fourth-order valence-electron chi connectivity index (χ4n) is 3.98. The molecule has 1 atom stereocenters. The molecule has 7 nitrogen and oxygen atoms in total. The first-order valence-electron chi connectivity index (χ1n) is 11.5. The second-order valence-electron chi connectivity index (χ2n) is 8.63. The van der Waals surface area contributed by atoms with E-state index in [4.69, 9.17) is 23.2 Å². The molecule has 1 N–H and O–H groups in total. The Kier molecular flexibility index (Phi) is 9.59. The first kappa shape index (κ1) is 28.5. The Morgan fingerprint density at radius 3 is 2.24 bits per heavy atom. The minimum atomic E-state index is -3.88. The quantitative estimate of drug-likeness (QED) is 0.396. The van der Waals surface area contributed by atoms with Gasteiger partial charge in [0.1, 0.15) is 12.6 Å². The Hall–Kier alpha value is -3.07. The third-order valence-corrected chi connectivity index (χ3v) is 7.67. The lowest BCUT2D eigenvalue weighted by molar-refractivity contribution is -0.139. The van der Waals surface area contributed by atoms with Gasteiger partial charge in [-0.2, -0.15) is 0 Å². The summed E-state index contributed by atoms with van der Waals surface area (Å²) < 4.78 is 26.7. The van der Waals surface area contributed by atoms with Crippen LogP contribution in [0.1, 0.15) is 16.7 Å². The molecule has 0 aliphatic heterocycles. The number of hydrogen-bond donors (Lipinski definition) is 1. The van der Waals surface area contributed by atoms with Crippen molar-refractivity contribution < 1.29 is 18.0 Å². The summed E-state index contributed by atoms with van der Waals surface area (Å²) in [7, 11) is -2.38. The van der Waals surface area contributed by atoms with E-state index in [0.29, 0.717) is 26.9 Å². The molecule has 0 fully saturated rings. The summed E-state index contributed by atoms with van der Waals surface area (Å²) in [5, 5.41) is 3.40. The monoisotopic (exact) mass is 561 g/mol. The molecule has 0 spiro atoms. The highest BCUT2D eigenvalue weighted by Gasteiger charge is 2.33. The SMILES string of the molecule is CNC(=O)[C@@H](Cc1ccccc1)N(Cc1ccccc1Cl)C(=O)CN(c1cc(Cl)ccc1C)S(C)(=O)=O. The second kappa shape index (κ2) is 12.4. The van der Waals surface area contributed by atoms with Gasteiger partial charge < -0.3 is 10.2 Å². The molecular weight excluding hydrogens is 533 g/mol. The molecule has 3 rings (SSSR count). The lowest BCUT2D eigenvalue weighted by atomic mass is 10.0. The molecule has 0 unspecified atom stereocenters. The first-order chi connectivity index (χ1) is 17.5. The van der Waals surface area contributed by atoms with Gasteiger partial charge >= 0.3 is 0 Å². The second-order valence-corrected chi connectivity index (χ2v) is 11.4. The molecule has 0 aliphatic rings. The summed E-state index contributed by atoms with van der Waals surface area (Å²) in [6, 6.07) is 20.2. The average Bonchev–Trinajstić information content (AvgIpc) is 2.86. The van der Waals surface area contributed by atoms with Crippen molar-refractivity contribution in [3.63, 3.8) is 0 Å². The standard InChI is InChI=1S/C27H29Cl2N3O4S/c1-19-13-14-22(28)16-24(19)32(37(3,35)36)18-26(33)31(17-21-11-7-8-12-23(21)29)25(27(34)30-2)15-20-9-5-4-6-10-20/h4-14,16,25H,15,17-18H2,1-3H3,(H,30,34)/t25-/m1/s1. The number of benzene rings is 3. The van der Waals surface area contributed by atoms with Gasteiger partial charge in [-0.25, -0.2) is 8.42 Å². The number of amides is 2. The van der Waals surface area contributed by atoms with Crippen molar-refractivity contribution >= 4 is 50.7 Å². The number of carbonyl (C=O) groups is 2. The molecular formula is C27H29Cl2N3O4S. The number of hydrogen-bond acceptors (Lipinski definition) is 4. The van der Waals surface area contributed by atoms with E-state index in [1.165, 1.54) is 18.0 Å². The van der Waals surface area contributed by atoms with Gasteiger partial charge in [0.05, 0.1) is 11.9 Å². The Morgan fingerprint density at radius 2 is 1.62 bits per heavy atom. The molecule has 0 bridgehead atoms. The van der Waals surface area contributed by atoms with Crippen LogP contribution in [0.25, 0.3) is 0 Å². The van der Waals surface area contributed by atoms with Gasteiger partial charge in [-0.15, -0.1) is 0 Å². The van der Waals surface area contributed by atoms with Crippen LogP contribution < -0.4 is 9.62 Å². The van der Waals surface area contributed by atoms with E-state index in [-0.39, 0.29) is 18.9 Å². The number of aryl methyl sites for hydroxylation is 1. The maximum atomic E-state index is 13.9. The number of rotatable bonds is 10. The van der Waals surface area contributed by atoms with Crippen LogP contribution >= 0.6 is 23.2 Å². The number of sulfonamides is 1. The Bertz CT molecular complexity index is 1370. The number of halogens is 2. The maximum absolute atomic E-state index is 13.9. The first-order valence-corrected chi connectivity index (χ1v) is 14.1. The van der Waals surface area contributed by atoms with Gasteiger partial charge in [-0.1, -0.05) is 77.8 Å². The Balaban J connectivity index is 2.07. The third-order valence-electron chi connectivity index (χ3n) is 5.94. The van der Waals surface area contributed by atoms with Crippen molar-refractivity contribution in [1.82, 2.24) is 10.2 Å². The molecule has 0 saturated carbocycles. The van der Waals surface area contributed by atoms with Gasteiger partial charge in [0.15, 0.2) is 0 Å². The van der Waals surface area contributed by atoms with Gasteiger partial charge in [0, 0.05) is 30.1 Å². The van der Waals surface area contributed by atoms with Crippen LogP contribution in [0.3, 0.4) is 0 Å². The average molecular weight is 563 g/mol. The topological polar surface area (TPSA) is 86.8 Å². The summed E-state index contributed by atoms with van der Waals surface area (Å²) in [6.45, 7) is 1.22. The molecule has 2 amide bonds. The molecule has 3 aromatic rings. The third kappa shape index (κ3) is 7.47. The van der Waals surface area contributed by atoms with Crippen LogP contribution in [0, 0.1) is 6.92 Å². The Labute approximate surface area is 228 Å². The van der Waals surface area contributed by atoms with E-state index in [1.54, 1.807) is 43.3 Å². The van der Waals surface area contributed by atoms with Crippen molar-refractivity contribution in [2.45, 2.75) is 25.9 Å². The van der Waals surface area contributed by atoms with Crippen molar-refractivity contribution in [3.05, 3.63) is 99.5 Å². The number of likely N-dealkylation sites (N-methyl/N-ethyl adjacent to an activating group) is 1. The molecule has 0 saturated heterocycles. The molecule has 196 valence electrons. The predicted octanol–water partition coefficient (Wildman–Crippen LogP) is 4.45. The van der Waals surface area contributed by atoms with Gasteiger partial charge in [0.25, 0.3) is 0 Å². The van der Waals surface area contributed by atoms with E-state index in [0.717, 1.165) is 16.1 Å². The van der Waals surface area contributed by atoms with Crippen LogP contribution in [0.2, 0.25) is 10.0 Å². The molecule has 0 heterocycles. The van der Waals surface area contributed by atoms with Crippen molar-refractivity contribution in [3.8, 4) is 0 Å². The summed E-state index contributed by atoms with van der Waals surface area (Å²) in [4.78, 5) is 28.4. The lowest BCUT2D eigenvalue weighted by Gasteiger charge is -2.33. The van der Waals surface area contributed by atoms with E-state index < -0.39 is 28.5 Å². The number of anilines is 1. The van der Waals surface area contributed by atoms with E-state index in [1.807, 2.05) is 30.3 Å². The smallest absolute Gasteiger partial charge is 0.244 e. The highest BCUT2D eigenvalue weighted by Crippen LogP contribution is 2.27. The van der Waals surface area contributed by atoms with Gasteiger partial charge in [-0.3, -0.25) is 13.9 Å². The van der Waals surface area contributed by atoms with Crippen LogP contribution in [0.5, 0.6) is 0 Å². The zero-order chi connectivity index (χ0) is 27.2. The summed E-state index contributed by atoms with van der Waals surface area (Å²) in [5.41, 5.74) is 2.40. The normalized spacial score (nSPS) is 12.0. The summed E-state index contributed by atoms with van der Waals surface area (Å²) >= 11 is 12.6. The lowest BCUT2D eigenvalue weighted by Crippen LogP contribution is -2.53. The molecule has 0 radical (unpaired) electrons. The minimum Gasteiger partial charge on any atom is -0.357 e. The predicted molar refractivity (Wildman–Crippen MR) is 148 cm³/mol. The molecule has 0 aromatic heterocycles. The summed E-state index contributed by atoms with van der Waals surface area (Å²) in [5.74, 6) is -0.941. The van der Waals surface area contributed by atoms with E-state index in [9.17, 15) is 18.0 Å². The fourth-order valence-corrected chi connectivity index (χ4v) is 5.24. The van der Waals surface area contributed by atoms with Crippen LogP contribution in [-0.2, 0) is 32.6 Å². The number of carbonyl (C=O) groups excluding carboxylic acids is 2. The molecule has 0 aliphatic carbocycles. The van der Waals surface area contributed by atoms with E-state index >= 15 is 0 Å². The van der Waals surface area contributed by atoms with Crippen molar-refractivity contribution in [2.75, 3.05) is 24.2 Å². The van der Waals surface area contributed by atoms with Crippen molar-refractivity contribution in [2.24, 2.45) is 0 Å². The van der Waals surface area contributed by atoms with Gasteiger partial charge in [0.2, 0.25) is 21.8 Å². The minimum absolute atomic E-state index is 0.00948. The zero-order valence-electron chi connectivity index (χ0n) is 20.8. The maximum Gasteiger partial charge on any atom is 0.244 e. The van der Waals surface area contributed by atoms with Crippen molar-refractivity contribution in [1.29, 1.82) is 0 Å². The van der Waals surface area contributed by atoms with Crippen LogP contribution in [0.4, 0.5) is 5.69 Å². The van der Waals surface area contributed by atoms with Crippen LogP contribution in [0.15, 0.2) is 72.8 Å². The zero-order valence-corrected chi connectivity index (χ0v) is 23.1. The fraction of sp³-hybridized carbons (Fsp3) is 0.259. The molecule has 10 heteroatoms.